The van der Waals surface area contributed by atoms with Gasteiger partial charge in [-0.15, -0.1) is 0 Å². The van der Waals surface area contributed by atoms with Crippen molar-refractivity contribution in [3.63, 3.8) is 0 Å². The topological polar surface area (TPSA) is 67.8 Å². The fraction of sp³-hybridized carbons (Fsp3) is 0. The van der Waals surface area contributed by atoms with Crippen LogP contribution in [-0.2, 0) is 0 Å². The molecule has 3 rings (SSSR count). The summed E-state index contributed by atoms with van der Waals surface area (Å²) in [5.41, 5.74) is -0.197. The van der Waals surface area contributed by atoms with Gasteiger partial charge in [0, 0.05) is 11.2 Å². The predicted octanol–water partition coefficient (Wildman–Crippen LogP) is 1.73. The number of H-pyrrole nitrogens is 1. The van der Waals surface area contributed by atoms with Crippen LogP contribution >= 0.6 is 11.6 Å². The number of aromatic nitrogens is 3. The molecule has 0 aliphatic heterocycles. The summed E-state index contributed by atoms with van der Waals surface area (Å²) in [7, 11) is 0. The number of hydrogen-bond donors (Lipinski definition) is 1. The van der Waals surface area contributed by atoms with Gasteiger partial charge in [-0.05, 0) is 36.4 Å². The summed E-state index contributed by atoms with van der Waals surface area (Å²) < 4.78 is 1.06. The molecule has 6 heteroatoms. The average molecular weight is 274 g/mol. The molecule has 0 aliphatic rings. The number of pyridine rings is 1. The normalized spacial score (nSPS) is 10.8. The standard InChI is InChI=1S/C13H8ClN3O2/c14-8-3-5-9(6-4-8)17-12(18)10-2-1-7-15-11(10)16-13(17)19/h1-7H,(H,15,16,19). The number of aromatic amines is 1. The highest BCUT2D eigenvalue weighted by Crippen LogP contribution is 2.11. The van der Waals surface area contributed by atoms with Crippen LogP contribution in [0.3, 0.4) is 0 Å². The van der Waals surface area contributed by atoms with Crippen molar-refractivity contribution >= 4 is 22.6 Å². The maximum Gasteiger partial charge on any atom is 0.334 e. The van der Waals surface area contributed by atoms with Crippen LogP contribution in [0.4, 0.5) is 0 Å². The summed E-state index contributed by atoms with van der Waals surface area (Å²) in [4.78, 5) is 30.8. The molecule has 94 valence electrons. The van der Waals surface area contributed by atoms with Gasteiger partial charge in [-0.25, -0.2) is 14.3 Å². The molecule has 0 fully saturated rings. The Morgan fingerprint density at radius 3 is 2.58 bits per heavy atom. The molecule has 0 unspecified atom stereocenters. The fourth-order valence-corrected chi connectivity index (χ4v) is 2.00. The first-order valence-electron chi connectivity index (χ1n) is 5.53. The predicted molar refractivity (Wildman–Crippen MR) is 73.0 cm³/mol. The van der Waals surface area contributed by atoms with Crippen LogP contribution in [0, 0.1) is 0 Å². The Kier molecular flexibility index (Phi) is 2.68. The molecule has 0 bridgehead atoms. The second-order valence-corrected chi connectivity index (χ2v) is 4.38. The summed E-state index contributed by atoms with van der Waals surface area (Å²) in [6.45, 7) is 0. The van der Waals surface area contributed by atoms with Gasteiger partial charge in [0.15, 0.2) is 0 Å². The monoisotopic (exact) mass is 273 g/mol. The van der Waals surface area contributed by atoms with Crippen molar-refractivity contribution in [3.8, 4) is 5.69 Å². The quantitative estimate of drug-likeness (QED) is 0.734. The maximum absolute atomic E-state index is 12.3. The van der Waals surface area contributed by atoms with E-state index in [-0.39, 0.29) is 5.65 Å². The van der Waals surface area contributed by atoms with Crippen LogP contribution in [0.2, 0.25) is 5.02 Å². The Labute approximate surface area is 112 Å². The fourth-order valence-electron chi connectivity index (χ4n) is 1.87. The Morgan fingerprint density at radius 1 is 1.11 bits per heavy atom. The van der Waals surface area contributed by atoms with Gasteiger partial charge in [0.1, 0.15) is 5.65 Å². The minimum absolute atomic E-state index is 0.280. The summed E-state index contributed by atoms with van der Waals surface area (Å²) in [6, 6.07) is 9.73. The lowest BCUT2D eigenvalue weighted by atomic mass is 10.3. The van der Waals surface area contributed by atoms with Crippen molar-refractivity contribution in [1.82, 2.24) is 14.5 Å². The zero-order valence-electron chi connectivity index (χ0n) is 9.63. The molecular formula is C13H8ClN3O2. The van der Waals surface area contributed by atoms with Gasteiger partial charge in [0.2, 0.25) is 0 Å². The number of hydrogen-bond acceptors (Lipinski definition) is 3. The van der Waals surface area contributed by atoms with E-state index in [2.05, 4.69) is 9.97 Å². The third-order valence-electron chi connectivity index (χ3n) is 2.75. The van der Waals surface area contributed by atoms with E-state index in [9.17, 15) is 9.59 Å². The van der Waals surface area contributed by atoms with E-state index in [0.717, 1.165) is 4.57 Å². The van der Waals surface area contributed by atoms with Gasteiger partial charge in [0.05, 0.1) is 11.1 Å². The molecule has 2 aromatic heterocycles. The van der Waals surface area contributed by atoms with Crippen LogP contribution < -0.4 is 11.2 Å². The van der Waals surface area contributed by atoms with Crippen LogP contribution in [0.25, 0.3) is 16.7 Å². The van der Waals surface area contributed by atoms with Gasteiger partial charge in [-0.2, -0.15) is 0 Å². The number of fused-ring (bicyclic) bond motifs is 1. The van der Waals surface area contributed by atoms with Crippen molar-refractivity contribution in [1.29, 1.82) is 0 Å². The second-order valence-electron chi connectivity index (χ2n) is 3.95. The lowest BCUT2D eigenvalue weighted by molar-refractivity contribution is 0.895. The second kappa shape index (κ2) is 4.37. The molecule has 3 aromatic rings. The minimum Gasteiger partial charge on any atom is -0.291 e. The molecule has 1 aromatic carbocycles. The lowest BCUT2D eigenvalue weighted by Crippen LogP contribution is -2.33. The van der Waals surface area contributed by atoms with Crippen molar-refractivity contribution in [2.75, 3.05) is 0 Å². The van der Waals surface area contributed by atoms with Gasteiger partial charge >= 0.3 is 5.69 Å². The first-order valence-corrected chi connectivity index (χ1v) is 5.90. The highest BCUT2D eigenvalue weighted by molar-refractivity contribution is 6.30. The Balaban J connectivity index is 2.39. The number of halogens is 1. The van der Waals surface area contributed by atoms with E-state index >= 15 is 0 Å². The number of nitrogens with zero attached hydrogens (tertiary/aromatic N) is 2. The zero-order chi connectivity index (χ0) is 13.4. The molecule has 5 nitrogen and oxygen atoms in total. The summed E-state index contributed by atoms with van der Waals surface area (Å²) in [5, 5.41) is 0.896. The third kappa shape index (κ3) is 1.94. The molecule has 0 atom stereocenters. The van der Waals surface area contributed by atoms with Gasteiger partial charge in [-0.3, -0.25) is 9.78 Å². The number of benzene rings is 1. The first-order chi connectivity index (χ1) is 9.16. The maximum atomic E-state index is 12.3. The van der Waals surface area contributed by atoms with Gasteiger partial charge in [0.25, 0.3) is 5.56 Å². The molecular weight excluding hydrogens is 266 g/mol. The summed E-state index contributed by atoms with van der Waals surface area (Å²) >= 11 is 5.79. The number of rotatable bonds is 1. The smallest absolute Gasteiger partial charge is 0.291 e. The SMILES string of the molecule is O=c1[nH]c2ncccc2c(=O)n1-c1ccc(Cl)cc1. The van der Waals surface area contributed by atoms with E-state index in [0.29, 0.717) is 16.1 Å². The molecule has 0 aliphatic carbocycles. The van der Waals surface area contributed by atoms with E-state index < -0.39 is 11.2 Å². The summed E-state index contributed by atoms with van der Waals surface area (Å²) in [6.07, 6.45) is 1.52. The average Bonchev–Trinajstić information content (AvgIpc) is 2.41. The van der Waals surface area contributed by atoms with Crippen LogP contribution in [0.15, 0.2) is 52.2 Å². The molecule has 1 N–H and O–H groups in total. The third-order valence-corrected chi connectivity index (χ3v) is 3.01. The highest BCUT2D eigenvalue weighted by Gasteiger charge is 2.09. The Morgan fingerprint density at radius 2 is 1.84 bits per heavy atom. The first kappa shape index (κ1) is 11.7. The van der Waals surface area contributed by atoms with Gasteiger partial charge < -0.3 is 0 Å². The van der Waals surface area contributed by atoms with E-state index in [1.807, 2.05) is 0 Å². The van der Waals surface area contributed by atoms with Crippen molar-refractivity contribution in [2.24, 2.45) is 0 Å². The molecule has 19 heavy (non-hydrogen) atoms. The molecule has 0 saturated heterocycles. The van der Waals surface area contributed by atoms with Crippen LogP contribution in [0.1, 0.15) is 0 Å². The largest absolute Gasteiger partial charge is 0.334 e. The molecule has 0 radical (unpaired) electrons. The Bertz CT molecular complexity index is 865. The van der Waals surface area contributed by atoms with Crippen molar-refractivity contribution in [2.45, 2.75) is 0 Å². The minimum atomic E-state index is -0.529. The Hall–Kier alpha value is -2.40. The molecule has 2 heterocycles. The molecule has 0 spiro atoms. The lowest BCUT2D eigenvalue weighted by Gasteiger charge is -2.05. The highest BCUT2D eigenvalue weighted by atomic mass is 35.5. The zero-order valence-corrected chi connectivity index (χ0v) is 10.4. The van der Waals surface area contributed by atoms with Crippen LogP contribution in [0.5, 0.6) is 0 Å². The van der Waals surface area contributed by atoms with Crippen molar-refractivity contribution < 1.29 is 0 Å². The number of nitrogens with one attached hydrogen (secondary N) is 1. The van der Waals surface area contributed by atoms with Gasteiger partial charge in [-0.1, -0.05) is 11.6 Å². The van der Waals surface area contributed by atoms with Crippen LogP contribution in [-0.4, -0.2) is 14.5 Å². The van der Waals surface area contributed by atoms with E-state index in [1.165, 1.54) is 6.20 Å². The van der Waals surface area contributed by atoms with Crippen molar-refractivity contribution in [3.05, 3.63) is 68.5 Å². The summed E-state index contributed by atoms with van der Waals surface area (Å²) in [5.74, 6) is 0. The molecule has 0 amide bonds. The van der Waals surface area contributed by atoms with E-state index in [4.69, 9.17) is 11.6 Å². The van der Waals surface area contributed by atoms with E-state index in [1.54, 1.807) is 36.4 Å². The molecule has 0 saturated carbocycles.